The number of pyridine rings is 1. The number of hydrogen-bond acceptors (Lipinski definition) is 5. The molecule has 6 nitrogen and oxygen atoms in total. The summed E-state index contributed by atoms with van der Waals surface area (Å²) in [7, 11) is 0. The minimum absolute atomic E-state index is 0.105. The number of H-pyrrole nitrogens is 1. The zero-order chi connectivity index (χ0) is 18.1. The number of nitrogens with one attached hydrogen (secondary N) is 1. The molecule has 4 rings (SSSR count). The number of nitrogens with zero attached hydrogens (tertiary/aromatic N) is 3. The first-order chi connectivity index (χ1) is 12.6. The van der Waals surface area contributed by atoms with Crippen molar-refractivity contribution in [3.63, 3.8) is 0 Å². The van der Waals surface area contributed by atoms with Crippen LogP contribution in [0.25, 0.3) is 11.4 Å². The first kappa shape index (κ1) is 16.5. The Balaban J connectivity index is 1.59. The summed E-state index contributed by atoms with van der Waals surface area (Å²) in [6, 6.07) is 9.30. The van der Waals surface area contributed by atoms with Gasteiger partial charge in [0.25, 0.3) is 5.56 Å². The number of phenolic OH excluding ortho intramolecular Hbond substituents is 1. The Kier molecular flexibility index (Phi) is 4.26. The van der Waals surface area contributed by atoms with Gasteiger partial charge in [-0.05, 0) is 25.1 Å². The molecule has 1 aliphatic rings. The fraction of sp³-hybridized carbons (Fsp3) is 0.250. The molecule has 0 aliphatic carbocycles. The van der Waals surface area contributed by atoms with Crippen molar-refractivity contribution in [3.8, 4) is 17.1 Å². The molecule has 0 bridgehead atoms. The first-order valence-electron chi connectivity index (χ1n) is 8.63. The van der Waals surface area contributed by atoms with E-state index in [0.717, 1.165) is 28.9 Å². The van der Waals surface area contributed by atoms with Gasteiger partial charge in [0.1, 0.15) is 11.6 Å². The van der Waals surface area contributed by atoms with Crippen molar-refractivity contribution in [1.29, 1.82) is 0 Å². The summed E-state index contributed by atoms with van der Waals surface area (Å²) in [6.45, 7) is 3.93. The zero-order valence-electron chi connectivity index (χ0n) is 14.6. The van der Waals surface area contributed by atoms with Gasteiger partial charge in [0.2, 0.25) is 0 Å². The maximum absolute atomic E-state index is 12.6. The zero-order valence-corrected chi connectivity index (χ0v) is 14.6. The SMILES string of the molecule is Cc1ccc(O)c(CN2CCc3nc(-c4cccnc4)[nH]c(=O)c3C2)c1. The molecule has 0 saturated carbocycles. The van der Waals surface area contributed by atoms with Gasteiger partial charge in [0.05, 0.1) is 11.3 Å². The molecule has 3 aromatic rings. The Morgan fingerprint density at radius 3 is 3.00 bits per heavy atom. The van der Waals surface area contributed by atoms with E-state index >= 15 is 0 Å². The monoisotopic (exact) mass is 348 g/mol. The summed E-state index contributed by atoms with van der Waals surface area (Å²) >= 11 is 0. The molecule has 6 heteroatoms. The number of aromatic hydroxyl groups is 1. The van der Waals surface area contributed by atoms with E-state index in [1.807, 2.05) is 31.2 Å². The van der Waals surface area contributed by atoms with Crippen LogP contribution in [0.2, 0.25) is 0 Å². The normalized spacial score (nSPS) is 14.2. The second-order valence-corrected chi connectivity index (χ2v) is 6.67. The topological polar surface area (TPSA) is 82.1 Å². The van der Waals surface area contributed by atoms with Crippen LogP contribution in [0, 0.1) is 6.92 Å². The molecule has 0 atom stereocenters. The third-order valence-electron chi connectivity index (χ3n) is 4.71. The maximum atomic E-state index is 12.6. The standard InChI is InChI=1S/C20H20N4O2/c1-13-4-5-18(25)15(9-13)11-24-8-6-17-16(12-24)20(26)23-19(22-17)14-3-2-7-21-10-14/h2-5,7,9-10,25H,6,8,11-12H2,1H3,(H,22,23,26). The molecule has 0 amide bonds. The highest BCUT2D eigenvalue weighted by Gasteiger charge is 2.22. The number of fused-ring (bicyclic) bond motifs is 1. The van der Waals surface area contributed by atoms with Crippen molar-refractivity contribution in [2.45, 2.75) is 26.4 Å². The summed E-state index contributed by atoms with van der Waals surface area (Å²) in [5.41, 5.74) is 4.24. The molecule has 0 spiro atoms. The lowest BCUT2D eigenvalue weighted by molar-refractivity contribution is 0.238. The van der Waals surface area contributed by atoms with E-state index in [0.29, 0.717) is 36.6 Å². The van der Waals surface area contributed by atoms with E-state index in [1.165, 1.54) is 0 Å². The molecule has 1 aromatic carbocycles. The van der Waals surface area contributed by atoms with E-state index < -0.39 is 0 Å². The minimum atomic E-state index is -0.105. The fourth-order valence-electron chi connectivity index (χ4n) is 3.34. The number of aromatic amines is 1. The third-order valence-corrected chi connectivity index (χ3v) is 4.71. The summed E-state index contributed by atoms with van der Waals surface area (Å²) in [4.78, 5) is 26.4. The largest absolute Gasteiger partial charge is 0.508 e. The summed E-state index contributed by atoms with van der Waals surface area (Å²) in [6.07, 6.45) is 4.10. The van der Waals surface area contributed by atoms with Crippen LogP contribution in [0.1, 0.15) is 22.4 Å². The smallest absolute Gasteiger partial charge is 0.255 e. The van der Waals surface area contributed by atoms with Crippen LogP contribution in [-0.4, -0.2) is 31.5 Å². The van der Waals surface area contributed by atoms with Gasteiger partial charge >= 0.3 is 0 Å². The van der Waals surface area contributed by atoms with Crippen molar-refractivity contribution < 1.29 is 5.11 Å². The van der Waals surface area contributed by atoms with Gasteiger partial charge in [-0.15, -0.1) is 0 Å². The molecule has 0 radical (unpaired) electrons. The average molecular weight is 348 g/mol. The Hall–Kier alpha value is -2.99. The summed E-state index contributed by atoms with van der Waals surface area (Å²) in [5, 5.41) is 10.1. The Bertz CT molecular complexity index is 998. The summed E-state index contributed by atoms with van der Waals surface area (Å²) < 4.78 is 0. The van der Waals surface area contributed by atoms with Crippen LogP contribution in [0.3, 0.4) is 0 Å². The van der Waals surface area contributed by atoms with Crippen LogP contribution in [-0.2, 0) is 19.5 Å². The van der Waals surface area contributed by atoms with E-state index in [2.05, 4.69) is 19.9 Å². The molecule has 2 N–H and O–H groups in total. The van der Waals surface area contributed by atoms with Crippen LogP contribution < -0.4 is 5.56 Å². The molecule has 0 saturated heterocycles. The average Bonchev–Trinajstić information content (AvgIpc) is 2.66. The lowest BCUT2D eigenvalue weighted by atomic mass is 10.0. The number of phenols is 1. The molecule has 26 heavy (non-hydrogen) atoms. The van der Waals surface area contributed by atoms with Gasteiger partial charge < -0.3 is 10.1 Å². The fourth-order valence-corrected chi connectivity index (χ4v) is 3.34. The molecule has 3 heterocycles. The first-order valence-corrected chi connectivity index (χ1v) is 8.63. The lowest BCUT2D eigenvalue weighted by Crippen LogP contribution is -2.35. The predicted molar refractivity (Wildman–Crippen MR) is 98.8 cm³/mol. The van der Waals surface area contributed by atoms with Crippen LogP contribution in [0.15, 0.2) is 47.5 Å². The number of hydrogen-bond donors (Lipinski definition) is 2. The molecular weight excluding hydrogens is 328 g/mol. The van der Waals surface area contributed by atoms with Crippen LogP contribution in [0.4, 0.5) is 0 Å². The Labute approximate surface area is 151 Å². The van der Waals surface area contributed by atoms with Crippen LogP contribution in [0.5, 0.6) is 5.75 Å². The quantitative estimate of drug-likeness (QED) is 0.759. The third kappa shape index (κ3) is 3.23. The highest BCUT2D eigenvalue weighted by Crippen LogP contribution is 2.23. The predicted octanol–water partition coefficient (Wildman–Crippen LogP) is 2.40. The lowest BCUT2D eigenvalue weighted by Gasteiger charge is -2.28. The van der Waals surface area contributed by atoms with E-state index in [4.69, 9.17) is 0 Å². The summed E-state index contributed by atoms with van der Waals surface area (Å²) in [5.74, 6) is 0.854. The van der Waals surface area contributed by atoms with Crippen molar-refractivity contribution in [2.24, 2.45) is 0 Å². The number of rotatable bonds is 3. The van der Waals surface area contributed by atoms with Crippen molar-refractivity contribution in [1.82, 2.24) is 19.9 Å². The van der Waals surface area contributed by atoms with Crippen molar-refractivity contribution in [3.05, 3.63) is 75.5 Å². The highest BCUT2D eigenvalue weighted by atomic mass is 16.3. The van der Waals surface area contributed by atoms with Crippen molar-refractivity contribution in [2.75, 3.05) is 6.54 Å². The molecule has 1 aliphatic heterocycles. The molecule has 2 aromatic heterocycles. The highest BCUT2D eigenvalue weighted by molar-refractivity contribution is 5.53. The van der Waals surface area contributed by atoms with Gasteiger partial charge in [0, 0.05) is 49.6 Å². The van der Waals surface area contributed by atoms with Crippen molar-refractivity contribution >= 4 is 0 Å². The van der Waals surface area contributed by atoms with Gasteiger partial charge in [-0.1, -0.05) is 17.7 Å². The Morgan fingerprint density at radius 1 is 1.31 bits per heavy atom. The van der Waals surface area contributed by atoms with Gasteiger partial charge in [-0.2, -0.15) is 0 Å². The van der Waals surface area contributed by atoms with Gasteiger partial charge in [-0.3, -0.25) is 14.7 Å². The van der Waals surface area contributed by atoms with E-state index in [1.54, 1.807) is 18.5 Å². The van der Waals surface area contributed by atoms with Gasteiger partial charge in [-0.25, -0.2) is 4.98 Å². The maximum Gasteiger partial charge on any atom is 0.255 e. The number of aromatic nitrogens is 3. The van der Waals surface area contributed by atoms with Crippen LogP contribution >= 0.6 is 0 Å². The second-order valence-electron chi connectivity index (χ2n) is 6.67. The molecule has 0 unspecified atom stereocenters. The molecule has 132 valence electrons. The second kappa shape index (κ2) is 6.72. The molecular formula is C20H20N4O2. The van der Waals surface area contributed by atoms with E-state index in [-0.39, 0.29) is 5.56 Å². The molecule has 0 fully saturated rings. The minimum Gasteiger partial charge on any atom is -0.508 e. The Morgan fingerprint density at radius 2 is 2.19 bits per heavy atom. The number of aryl methyl sites for hydroxylation is 1. The van der Waals surface area contributed by atoms with E-state index in [9.17, 15) is 9.90 Å². The van der Waals surface area contributed by atoms with Gasteiger partial charge in [0.15, 0.2) is 0 Å². The number of benzene rings is 1.